The molecule has 0 saturated carbocycles. The van der Waals surface area contributed by atoms with Crippen molar-refractivity contribution < 1.29 is 9.59 Å². The number of hydrogen-bond acceptors (Lipinski definition) is 3. The van der Waals surface area contributed by atoms with E-state index in [1.165, 1.54) is 6.08 Å². The number of para-hydroxylation sites is 1. The predicted molar refractivity (Wildman–Crippen MR) is 117 cm³/mol. The second-order valence-corrected chi connectivity index (χ2v) is 7.37. The third-order valence-electron chi connectivity index (χ3n) is 5.52. The Morgan fingerprint density at radius 3 is 2.43 bits per heavy atom. The first kappa shape index (κ1) is 19.6. The van der Waals surface area contributed by atoms with Crippen molar-refractivity contribution in [2.75, 3.05) is 11.4 Å². The summed E-state index contributed by atoms with van der Waals surface area (Å²) in [5.41, 5.74) is 3.05. The largest absolute Gasteiger partial charge is 0.312 e. The lowest BCUT2D eigenvalue weighted by Gasteiger charge is -2.16. The van der Waals surface area contributed by atoms with Crippen LogP contribution < -0.4 is 10.5 Å². The zero-order valence-corrected chi connectivity index (χ0v) is 17.0. The van der Waals surface area contributed by atoms with E-state index in [0.717, 1.165) is 23.5 Å². The van der Waals surface area contributed by atoms with Crippen molar-refractivity contribution in [2.24, 2.45) is 7.05 Å². The highest BCUT2D eigenvalue weighted by molar-refractivity contribution is 6.08. The van der Waals surface area contributed by atoms with Crippen LogP contribution in [0.2, 0.25) is 0 Å². The summed E-state index contributed by atoms with van der Waals surface area (Å²) < 4.78 is 3.36. The van der Waals surface area contributed by atoms with Crippen molar-refractivity contribution in [3.05, 3.63) is 87.8 Å². The minimum atomic E-state index is -0.211. The molecule has 0 radical (unpaired) electrons. The normalized spacial score (nSPS) is 14.1. The Hall–Kier alpha value is -3.67. The van der Waals surface area contributed by atoms with Gasteiger partial charge >= 0.3 is 0 Å². The highest BCUT2D eigenvalue weighted by Gasteiger charge is 2.22. The van der Waals surface area contributed by atoms with Gasteiger partial charge in [0.15, 0.2) is 5.78 Å². The summed E-state index contributed by atoms with van der Waals surface area (Å²) in [4.78, 5) is 39.4. The van der Waals surface area contributed by atoms with Crippen LogP contribution in [0.5, 0.6) is 0 Å². The van der Waals surface area contributed by atoms with Crippen molar-refractivity contribution in [3.8, 4) is 5.69 Å². The number of carbonyl (C=O) groups excluding carboxylic acids is 2. The molecule has 152 valence electrons. The van der Waals surface area contributed by atoms with Gasteiger partial charge in [-0.1, -0.05) is 30.3 Å². The van der Waals surface area contributed by atoms with Crippen molar-refractivity contribution in [3.63, 3.8) is 0 Å². The Morgan fingerprint density at radius 2 is 1.73 bits per heavy atom. The molecule has 0 atom stereocenters. The summed E-state index contributed by atoms with van der Waals surface area (Å²) in [5, 5.41) is 0. The van der Waals surface area contributed by atoms with Gasteiger partial charge in [0.25, 0.3) is 5.56 Å². The maximum absolute atomic E-state index is 13.0. The second kappa shape index (κ2) is 7.99. The molecule has 6 nitrogen and oxygen atoms in total. The summed E-state index contributed by atoms with van der Waals surface area (Å²) in [6.45, 7) is 2.53. The fourth-order valence-corrected chi connectivity index (χ4v) is 3.78. The van der Waals surface area contributed by atoms with Gasteiger partial charge in [0.2, 0.25) is 5.91 Å². The SMILES string of the molecule is Cc1c(/C=C/C(=O)c2cccc(N3CCCC3=O)c2)c(=O)n(-c2ccccc2)n1C. The van der Waals surface area contributed by atoms with Gasteiger partial charge < -0.3 is 4.90 Å². The van der Waals surface area contributed by atoms with Gasteiger partial charge in [0.1, 0.15) is 0 Å². The number of anilines is 1. The van der Waals surface area contributed by atoms with Crippen LogP contribution in [0.1, 0.15) is 34.5 Å². The average Bonchev–Trinajstić information content (AvgIpc) is 3.28. The molecular weight excluding hydrogens is 378 g/mol. The zero-order valence-electron chi connectivity index (χ0n) is 17.0. The molecule has 2 aromatic carbocycles. The maximum Gasteiger partial charge on any atom is 0.278 e. The van der Waals surface area contributed by atoms with Crippen LogP contribution in [0.4, 0.5) is 5.69 Å². The van der Waals surface area contributed by atoms with E-state index in [0.29, 0.717) is 24.1 Å². The minimum Gasteiger partial charge on any atom is -0.312 e. The zero-order chi connectivity index (χ0) is 21.3. The van der Waals surface area contributed by atoms with Crippen LogP contribution in [-0.2, 0) is 11.8 Å². The molecule has 1 aliphatic heterocycles. The van der Waals surface area contributed by atoms with Crippen LogP contribution in [-0.4, -0.2) is 27.6 Å². The van der Waals surface area contributed by atoms with Crippen molar-refractivity contribution in [1.29, 1.82) is 0 Å². The van der Waals surface area contributed by atoms with Crippen molar-refractivity contribution in [2.45, 2.75) is 19.8 Å². The van der Waals surface area contributed by atoms with E-state index in [2.05, 4.69) is 0 Å². The monoisotopic (exact) mass is 401 g/mol. The number of aromatic nitrogens is 2. The smallest absolute Gasteiger partial charge is 0.278 e. The van der Waals surface area contributed by atoms with Crippen LogP contribution >= 0.6 is 0 Å². The standard InChI is InChI=1S/C24H23N3O3/c1-17-21(24(30)27(25(17)2)19-9-4-3-5-10-19)13-14-22(28)18-8-6-11-20(16-18)26-15-7-12-23(26)29/h3-6,8-11,13-14,16H,7,12,15H2,1-2H3/b14-13+. The topological polar surface area (TPSA) is 64.3 Å². The summed E-state index contributed by atoms with van der Waals surface area (Å²) in [5.74, 6) is -0.131. The van der Waals surface area contributed by atoms with E-state index in [9.17, 15) is 14.4 Å². The van der Waals surface area contributed by atoms with E-state index >= 15 is 0 Å². The number of carbonyl (C=O) groups is 2. The highest BCUT2D eigenvalue weighted by Crippen LogP contribution is 2.22. The second-order valence-electron chi connectivity index (χ2n) is 7.37. The van der Waals surface area contributed by atoms with Gasteiger partial charge in [0.05, 0.1) is 11.3 Å². The number of benzene rings is 2. The molecule has 0 aliphatic carbocycles. The average molecular weight is 401 g/mol. The van der Waals surface area contributed by atoms with Crippen LogP contribution in [0.15, 0.2) is 65.5 Å². The number of hydrogen-bond donors (Lipinski definition) is 0. The van der Waals surface area contributed by atoms with Crippen LogP contribution in [0.25, 0.3) is 11.8 Å². The highest BCUT2D eigenvalue weighted by atomic mass is 16.2. The first-order valence-electron chi connectivity index (χ1n) is 9.94. The molecule has 0 bridgehead atoms. The molecule has 1 fully saturated rings. The molecular formula is C24H23N3O3. The van der Waals surface area contributed by atoms with Crippen LogP contribution in [0.3, 0.4) is 0 Å². The Kier molecular flexibility index (Phi) is 5.23. The van der Waals surface area contributed by atoms with E-state index in [1.54, 1.807) is 38.5 Å². The molecule has 30 heavy (non-hydrogen) atoms. The molecule has 1 saturated heterocycles. The van der Waals surface area contributed by atoms with Gasteiger partial charge in [-0.15, -0.1) is 0 Å². The van der Waals surface area contributed by atoms with E-state index in [1.807, 2.05) is 50.4 Å². The summed E-state index contributed by atoms with van der Waals surface area (Å²) in [7, 11) is 1.82. The molecule has 1 amide bonds. The lowest BCUT2D eigenvalue weighted by molar-refractivity contribution is -0.117. The number of allylic oxidation sites excluding steroid dienone is 1. The fraction of sp³-hybridized carbons (Fsp3) is 0.208. The molecule has 1 aromatic heterocycles. The van der Waals surface area contributed by atoms with Gasteiger partial charge in [-0.25, -0.2) is 4.68 Å². The van der Waals surface area contributed by atoms with Gasteiger partial charge in [-0.3, -0.25) is 19.1 Å². The first-order chi connectivity index (χ1) is 14.5. The van der Waals surface area contributed by atoms with Crippen molar-refractivity contribution >= 4 is 23.5 Å². The molecule has 0 N–H and O–H groups in total. The van der Waals surface area contributed by atoms with Crippen LogP contribution in [0, 0.1) is 6.92 Å². The molecule has 1 aliphatic rings. The molecule has 0 unspecified atom stereocenters. The Balaban J connectivity index is 1.63. The predicted octanol–water partition coefficient (Wildman–Crippen LogP) is 3.51. The summed E-state index contributed by atoms with van der Waals surface area (Å²) >= 11 is 0. The van der Waals surface area contributed by atoms with Gasteiger partial charge in [0, 0.05) is 37.0 Å². The van der Waals surface area contributed by atoms with E-state index in [4.69, 9.17) is 0 Å². The number of nitrogens with zero attached hydrogens (tertiary/aromatic N) is 3. The quantitative estimate of drug-likeness (QED) is 0.485. The van der Waals surface area contributed by atoms with E-state index < -0.39 is 0 Å². The van der Waals surface area contributed by atoms with Crippen molar-refractivity contribution in [1.82, 2.24) is 9.36 Å². The lowest BCUT2D eigenvalue weighted by atomic mass is 10.1. The summed E-state index contributed by atoms with van der Waals surface area (Å²) in [6, 6.07) is 16.4. The molecule has 4 rings (SSSR count). The minimum absolute atomic E-state index is 0.0801. The Bertz CT molecular complexity index is 1200. The molecule has 0 spiro atoms. The fourth-order valence-electron chi connectivity index (χ4n) is 3.78. The lowest BCUT2D eigenvalue weighted by Crippen LogP contribution is -2.23. The molecule has 6 heteroatoms. The van der Waals surface area contributed by atoms with E-state index in [-0.39, 0.29) is 17.2 Å². The number of amides is 1. The third-order valence-corrected chi connectivity index (χ3v) is 5.52. The van der Waals surface area contributed by atoms with Gasteiger partial charge in [-0.2, -0.15) is 0 Å². The number of ketones is 1. The summed E-state index contributed by atoms with van der Waals surface area (Å²) in [6.07, 6.45) is 4.37. The Labute approximate surface area is 174 Å². The number of rotatable bonds is 5. The third kappa shape index (κ3) is 3.52. The maximum atomic E-state index is 13.0. The van der Waals surface area contributed by atoms with Gasteiger partial charge in [-0.05, 0) is 49.8 Å². The Morgan fingerprint density at radius 1 is 1.00 bits per heavy atom. The molecule has 2 heterocycles. The molecule has 3 aromatic rings. The first-order valence-corrected chi connectivity index (χ1v) is 9.94.